The molecule has 3 rings (SSSR count). The van der Waals surface area contributed by atoms with E-state index in [1.54, 1.807) is 12.1 Å². The first-order valence-electron chi connectivity index (χ1n) is 8.78. The number of nitrogens with one attached hydrogen (secondary N) is 2. The Kier molecular flexibility index (Phi) is 6.22. The van der Waals surface area contributed by atoms with E-state index in [2.05, 4.69) is 21.7 Å². The summed E-state index contributed by atoms with van der Waals surface area (Å²) >= 11 is 5.83. The quantitative estimate of drug-likeness (QED) is 0.437. The van der Waals surface area contributed by atoms with Crippen molar-refractivity contribution in [2.45, 2.75) is 30.6 Å². The van der Waals surface area contributed by atoms with E-state index >= 15 is 0 Å². The number of hydrogen-bond acceptors (Lipinski definition) is 2. The van der Waals surface area contributed by atoms with Crippen molar-refractivity contribution in [1.29, 1.82) is 0 Å². The number of aromatic nitrogens is 1. The van der Waals surface area contributed by atoms with Gasteiger partial charge >= 0.3 is 0 Å². The molecule has 0 bridgehead atoms. The average molecular weight is 401 g/mol. The number of aryl methyl sites for hydroxylation is 1. The number of fused-ring (bicyclic) bond motifs is 1. The number of unbranched alkanes of at least 4 members (excludes halogenated alkanes) is 1. The summed E-state index contributed by atoms with van der Waals surface area (Å²) in [4.78, 5) is 3.66. The molecule has 3 aromatic rings. The van der Waals surface area contributed by atoms with E-state index in [-0.39, 0.29) is 4.90 Å². The van der Waals surface area contributed by atoms with Crippen LogP contribution in [0.25, 0.3) is 10.9 Å². The van der Waals surface area contributed by atoms with Crippen molar-refractivity contribution in [3.05, 3.63) is 64.8 Å². The third kappa shape index (κ3) is 4.72. The maximum atomic E-state index is 12.4. The maximum absolute atomic E-state index is 12.4. The van der Waals surface area contributed by atoms with Crippen molar-refractivity contribution in [3.8, 4) is 12.3 Å². The van der Waals surface area contributed by atoms with Gasteiger partial charge in [-0.15, -0.1) is 12.3 Å². The zero-order chi connectivity index (χ0) is 19.3. The van der Waals surface area contributed by atoms with Crippen LogP contribution in [0, 0.1) is 12.3 Å². The Morgan fingerprint density at radius 3 is 2.56 bits per heavy atom. The summed E-state index contributed by atoms with van der Waals surface area (Å²) in [6.45, 7) is 0.314. The highest BCUT2D eigenvalue weighted by molar-refractivity contribution is 7.89. The average Bonchev–Trinajstić information content (AvgIpc) is 3.00. The standard InChI is InChI=1S/C21H21ClN2O2S/c1-2-3-4-8-21-19(18-7-5-6-9-20(18)24-21)14-15-23-27(25,26)17-12-10-16(22)11-13-17/h1,5-7,9-13,23-24H,3-4,8,14-15H2. The third-order valence-corrected chi connectivity index (χ3v) is 6.17. The maximum Gasteiger partial charge on any atom is 0.240 e. The minimum absolute atomic E-state index is 0.208. The fourth-order valence-electron chi connectivity index (χ4n) is 3.13. The van der Waals surface area contributed by atoms with Crippen LogP contribution in [0.2, 0.25) is 5.02 Å². The van der Waals surface area contributed by atoms with Gasteiger partial charge in [-0.05, 0) is 55.2 Å². The van der Waals surface area contributed by atoms with E-state index < -0.39 is 10.0 Å². The molecular weight excluding hydrogens is 380 g/mol. The number of benzene rings is 2. The van der Waals surface area contributed by atoms with Crippen molar-refractivity contribution >= 4 is 32.5 Å². The molecule has 0 radical (unpaired) electrons. The lowest BCUT2D eigenvalue weighted by atomic mass is 10.0. The molecule has 0 aliphatic carbocycles. The summed E-state index contributed by atoms with van der Waals surface area (Å²) in [5, 5.41) is 1.63. The highest BCUT2D eigenvalue weighted by Gasteiger charge is 2.15. The number of rotatable bonds is 8. The molecule has 27 heavy (non-hydrogen) atoms. The Morgan fingerprint density at radius 1 is 1.07 bits per heavy atom. The second-order valence-corrected chi connectivity index (χ2v) is 8.49. The van der Waals surface area contributed by atoms with Crippen LogP contribution in [0.4, 0.5) is 0 Å². The van der Waals surface area contributed by atoms with Gasteiger partial charge in [0.25, 0.3) is 0 Å². The van der Waals surface area contributed by atoms with E-state index in [1.807, 2.05) is 18.2 Å². The molecule has 0 saturated heterocycles. The summed E-state index contributed by atoms with van der Waals surface area (Å²) in [7, 11) is -3.56. The van der Waals surface area contributed by atoms with Crippen LogP contribution in [0.15, 0.2) is 53.4 Å². The zero-order valence-corrected chi connectivity index (χ0v) is 16.4. The largest absolute Gasteiger partial charge is 0.358 e. The van der Waals surface area contributed by atoms with Gasteiger partial charge in [-0.2, -0.15) is 0 Å². The van der Waals surface area contributed by atoms with Gasteiger partial charge in [-0.25, -0.2) is 13.1 Å². The number of sulfonamides is 1. The van der Waals surface area contributed by atoms with Crippen LogP contribution in [0.5, 0.6) is 0 Å². The van der Waals surface area contributed by atoms with Gasteiger partial charge in [0, 0.05) is 34.6 Å². The van der Waals surface area contributed by atoms with Crippen molar-refractivity contribution in [2.24, 2.45) is 0 Å². The van der Waals surface area contributed by atoms with Crippen molar-refractivity contribution in [1.82, 2.24) is 9.71 Å². The number of hydrogen-bond donors (Lipinski definition) is 2. The lowest BCUT2D eigenvalue weighted by Gasteiger charge is -2.08. The van der Waals surface area contributed by atoms with Crippen LogP contribution in [0.3, 0.4) is 0 Å². The molecule has 140 valence electrons. The van der Waals surface area contributed by atoms with Crippen LogP contribution >= 0.6 is 11.6 Å². The monoisotopic (exact) mass is 400 g/mol. The summed E-state index contributed by atoms with van der Waals surface area (Å²) in [5.74, 6) is 2.66. The predicted molar refractivity (Wildman–Crippen MR) is 110 cm³/mol. The van der Waals surface area contributed by atoms with Gasteiger partial charge in [0.2, 0.25) is 10.0 Å². The molecule has 1 aromatic heterocycles. The normalized spacial score (nSPS) is 11.6. The molecule has 4 nitrogen and oxygen atoms in total. The molecule has 0 amide bonds. The number of H-pyrrole nitrogens is 1. The molecule has 0 saturated carbocycles. The molecule has 6 heteroatoms. The summed E-state index contributed by atoms with van der Waals surface area (Å²) in [6, 6.07) is 14.2. The van der Waals surface area contributed by atoms with Crippen LogP contribution in [-0.2, 0) is 22.9 Å². The van der Waals surface area contributed by atoms with Crippen LogP contribution in [0.1, 0.15) is 24.1 Å². The highest BCUT2D eigenvalue weighted by Crippen LogP contribution is 2.24. The third-order valence-electron chi connectivity index (χ3n) is 4.44. The first kappa shape index (κ1) is 19.5. The van der Waals surface area contributed by atoms with Gasteiger partial charge in [-0.3, -0.25) is 0 Å². The number of para-hydroxylation sites is 1. The van der Waals surface area contributed by atoms with E-state index in [9.17, 15) is 8.42 Å². The lowest BCUT2D eigenvalue weighted by molar-refractivity contribution is 0.581. The molecular formula is C21H21ClN2O2S. The number of aromatic amines is 1. The second-order valence-electron chi connectivity index (χ2n) is 6.29. The zero-order valence-electron chi connectivity index (χ0n) is 14.8. The number of terminal acetylenes is 1. The Labute approximate surface area is 165 Å². The SMILES string of the molecule is C#CCCCc1[nH]c2ccccc2c1CCNS(=O)(=O)c1ccc(Cl)cc1. The van der Waals surface area contributed by atoms with Crippen LogP contribution < -0.4 is 4.72 Å². The molecule has 2 aromatic carbocycles. The van der Waals surface area contributed by atoms with Gasteiger partial charge in [0.15, 0.2) is 0 Å². The van der Waals surface area contributed by atoms with Gasteiger partial charge in [0.05, 0.1) is 4.90 Å². The minimum Gasteiger partial charge on any atom is -0.358 e. The highest BCUT2D eigenvalue weighted by atomic mass is 35.5. The summed E-state index contributed by atoms with van der Waals surface area (Å²) in [6.07, 6.45) is 8.41. The Bertz CT molecular complexity index is 1060. The fourth-order valence-corrected chi connectivity index (χ4v) is 4.29. The first-order valence-corrected chi connectivity index (χ1v) is 10.6. The Balaban J connectivity index is 1.75. The van der Waals surface area contributed by atoms with E-state index in [0.29, 0.717) is 18.0 Å². The van der Waals surface area contributed by atoms with E-state index in [4.69, 9.17) is 18.0 Å². The Morgan fingerprint density at radius 2 is 1.81 bits per heavy atom. The lowest BCUT2D eigenvalue weighted by Crippen LogP contribution is -2.26. The van der Waals surface area contributed by atoms with Crippen molar-refractivity contribution in [2.75, 3.05) is 6.54 Å². The van der Waals surface area contributed by atoms with E-state index in [0.717, 1.165) is 41.4 Å². The van der Waals surface area contributed by atoms with Gasteiger partial charge in [-0.1, -0.05) is 29.8 Å². The number of halogens is 1. The molecule has 0 aliphatic heterocycles. The molecule has 1 heterocycles. The van der Waals surface area contributed by atoms with Gasteiger partial charge in [0.1, 0.15) is 0 Å². The molecule has 2 N–H and O–H groups in total. The van der Waals surface area contributed by atoms with Crippen LogP contribution in [-0.4, -0.2) is 19.9 Å². The molecule has 0 atom stereocenters. The summed E-state index contributed by atoms with van der Waals surface area (Å²) in [5.41, 5.74) is 3.32. The predicted octanol–water partition coefficient (Wildman–Crippen LogP) is 4.30. The topological polar surface area (TPSA) is 62.0 Å². The minimum atomic E-state index is -3.56. The molecule has 0 spiro atoms. The van der Waals surface area contributed by atoms with Gasteiger partial charge < -0.3 is 4.98 Å². The Hall–Kier alpha value is -2.26. The fraction of sp³-hybridized carbons (Fsp3) is 0.238. The molecule has 0 unspecified atom stereocenters. The van der Waals surface area contributed by atoms with Crippen molar-refractivity contribution < 1.29 is 8.42 Å². The molecule has 0 aliphatic rings. The van der Waals surface area contributed by atoms with E-state index in [1.165, 1.54) is 12.1 Å². The second kappa shape index (κ2) is 8.62. The smallest absolute Gasteiger partial charge is 0.240 e. The van der Waals surface area contributed by atoms with Crippen molar-refractivity contribution in [3.63, 3.8) is 0 Å². The summed E-state index contributed by atoms with van der Waals surface area (Å²) < 4.78 is 27.6. The first-order chi connectivity index (χ1) is 13.0. The molecule has 0 fully saturated rings.